The van der Waals surface area contributed by atoms with Gasteiger partial charge in [-0.15, -0.1) is 10.2 Å². The van der Waals surface area contributed by atoms with Gasteiger partial charge in [0.15, 0.2) is 0 Å². The van der Waals surface area contributed by atoms with Crippen LogP contribution in [0.1, 0.15) is 53.5 Å². The van der Waals surface area contributed by atoms with Gasteiger partial charge in [-0.25, -0.2) is 21.9 Å². The smallest absolute Gasteiger partial charge is 0.260 e. The molecule has 2 aromatic carbocycles. The third-order valence-corrected chi connectivity index (χ3v) is 8.32. The summed E-state index contributed by atoms with van der Waals surface area (Å²) < 4.78 is 54.5. The van der Waals surface area contributed by atoms with E-state index in [1.807, 2.05) is 0 Å². The van der Waals surface area contributed by atoms with Gasteiger partial charge >= 0.3 is 0 Å². The largest absolute Gasteiger partial charge is 0.296 e. The van der Waals surface area contributed by atoms with Gasteiger partial charge in [0, 0.05) is 12.0 Å². The van der Waals surface area contributed by atoms with Crippen LogP contribution in [0.5, 0.6) is 0 Å². The fourth-order valence-electron chi connectivity index (χ4n) is 4.12. The molecule has 33 heavy (non-hydrogen) atoms. The minimum absolute atomic E-state index is 0.157. The number of amides is 1. The van der Waals surface area contributed by atoms with E-state index in [9.17, 15) is 22.0 Å². The Kier molecular flexibility index (Phi) is 6.55. The van der Waals surface area contributed by atoms with Crippen molar-refractivity contribution in [3.05, 3.63) is 70.2 Å². The van der Waals surface area contributed by atoms with Crippen LogP contribution < -0.4 is 10.0 Å². The Hall–Kier alpha value is -2.76. The van der Waals surface area contributed by atoms with E-state index < -0.39 is 32.7 Å². The van der Waals surface area contributed by atoms with Gasteiger partial charge in [0.2, 0.25) is 15.2 Å². The second-order valence-corrected chi connectivity index (χ2v) is 10.6. The molecule has 11 heteroatoms. The van der Waals surface area contributed by atoms with Crippen molar-refractivity contribution in [1.29, 1.82) is 0 Å². The minimum Gasteiger partial charge on any atom is -0.296 e. The quantitative estimate of drug-likeness (QED) is 0.514. The maximum Gasteiger partial charge on any atom is 0.260 e. The van der Waals surface area contributed by atoms with Crippen LogP contribution in [0.3, 0.4) is 0 Å². The molecule has 7 nitrogen and oxygen atoms in total. The number of hydrogen-bond acceptors (Lipinski definition) is 6. The molecule has 1 amide bonds. The highest BCUT2D eigenvalue weighted by Gasteiger charge is 2.40. The number of carbonyl (C=O) groups is 1. The molecule has 1 fully saturated rings. The average Bonchev–Trinajstić information content (AvgIpc) is 3.45. The highest BCUT2D eigenvalue weighted by Crippen LogP contribution is 2.47. The number of aromatic nitrogens is 2. The van der Waals surface area contributed by atoms with Gasteiger partial charge in [0.05, 0.1) is 10.5 Å². The van der Waals surface area contributed by atoms with Crippen LogP contribution in [-0.4, -0.2) is 31.1 Å². The summed E-state index contributed by atoms with van der Waals surface area (Å²) in [6.45, 7) is 1.77. The van der Waals surface area contributed by atoms with Gasteiger partial charge in [-0.1, -0.05) is 43.2 Å². The first kappa shape index (κ1) is 23.4. The van der Waals surface area contributed by atoms with Crippen molar-refractivity contribution >= 4 is 32.4 Å². The number of anilines is 1. The summed E-state index contributed by atoms with van der Waals surface area (Å²) in [5.74, 6) is -2.00. The summed E-state index contributed by atoms with van der Waals surface area (Å²) in [7, 11) is -3.85. The van der Waals surface area contributed by atoms with E-state index in [-0.39, 0.29) is 22.4 Å². The number of hydrogen-bond donors (Lipinski definition) is 2. The highest BCUT2D eigenvalue weighted by atomic mass is 32.2. The molecule has 0 atom stereocenters. The molecule has 1 aromatic heterocycles. The lowest BCUT2D eigenvalue weighted by Gasteiger charge is -2.26. The van der Waals surface area contributed by atoms with Crippen molar-refractivity contribution in [2.75, 3.05) is 11.9 Å². The van der Waals surface area contributed by atoms with Crippen molar-refractivity contribution in [1.82, 2.24) is 14.9 Å². The van der Waals surface area contributed by atoms with E-state index in [1.165, 1.54) is 23.5 Å². The van der Waals surface area contributed by atoms with Crippen molar-refractivity contribution < 1.29 is 22.0 Å². The van der Waals surface area contributed by atoms with Gasteiger partial charge in [0.25, 0.3) is 5.91 Å². The van der Waals surface area contributed by atoms with Crippen molar-refractivity contribution in [3.63, 3.8) is 0 Å². The van der Waals surface area contributed by atoms with E-state index in [0.717, 1.165) is 49.4 Å². The molecule has 3 aromatic rings. The summed E-state index contributed by atoms with van der Waals surface area (Å²) in [6.07, 6.45) is 3.61. The molecule has 0 bridgehead atoms. The van der Waals surface area contributed by atoms with Crippen molar-refractivity contribution in [3.8, 4) is 0 Å². The van der Waals surface area contributed by atoms with E-state index in [0.29, 0.717) is 5.01 Å². The lowest BCUT2D eigenvalue weighted by atomic mass is 9.79. The van der Waals surface area contributed by atoms with Crippen LogP contribution in [0.15, 0.2) is 47.4 Å². The van der Waals surface area contributed by atoms with Crippen LogP contribution in [0.2, 0.25) is 0 Å². The Morgan fingerprint density at radius 2 is 1.79 bits per heavy atom. The normalized spacial score (nSPS) is 15.5. The van der Waals surface area contributed by atoms with E-state index in [4.69, 9.17) is 0 Å². The zero-order valence-corrected chi connectivity index (χ0v) is 19.4. The number of rotatable bonds is 7. The number of nitrogens with zero attached hydrogens (tertiary/aromatic N) is 2. The molecule has 1 saturated carbocycles. The number of halogens is 2. The van der Waals surface area contributed by atoms with Crippen LogP contribution in [0, 0.1) is 11.6 Å². The van der Waals surface area contributed by atoms with E-state index in [2.05, 4.69) is 20.2 Å². The average molecular weight is 493 g/mol. The first-order valence-corrected chi connectivity index (χ1v) is 12.8. The van der Waals surface area contributed by atoms with Gasteiger partial charge < -0.3 is 0 Å². The van der Waals surface area contributed by atoms with Crippen LogP contribution in [0.25, 0.3) is 0 Å². The third-order valence-electron chi connectivity index (χ3n) is 5.74. The maximum absolute atomic E-state index is 14.3. The van der Waals surface area contributed by atoms with Crippen molar-refractivity contribution in [2.24, 2.45) is 0 Å². The molecule has 0 aliphatic heterocycles. The maximum atomic E-state index is 14.3. The molecule has 0 unspecified atom stereocenters. The predicted octanol–water partition coefficient (Wildman–Crippen LogP) is 4.23. The molecule has 4 rings (SSSR count). The van der Waals surface area contributed by atoms with Crippen LogP contribution in [-0.2, 0) is 15.4 Å². The van der Waals surface area contributed by atoms with Crippen LogP contribution in [0.4, 0.5) is 13.9 Å². The Balaban J connectivity index is 1.60. The summed E-state index contributed by atoms with van der Waals surface area (Å²) in [4.78, 5) is 12.5. The zero-order valence-electron chi connectivity index (χ0n) is 17.8. The first-order chi connectivity index (χ1) is 15.7. The van der Waals surface area contributed by atoms with Crippen molar-refractivity contribution in [2.45, 2.75) is 42.9 Å². The monoisotopic (exact) mass is 492 g/mol. The van der Waals surface area contributed by atoms with Crippen LogP contribution >= 0.6 is 11.3 Å². The first-order valence-electron chi connectivity index (χ1n) is 10.5. The Labute approximate surface area is 194 Å². The SMILES string of the molecule is CCNS(=O)(=O)c1ccc(F)c(C(=O)Nc2nnc(C3(c4ccc(F)cc4)CCCC3)s2)c1. The molecule has 174 valence electrons. The van der Waals surface area contributed by atoms with Gasteiger partial charge in [-0.05, 0) is 48.7 Å². The predicted molar refractivity (Wildman–Crippen MR) is 121 cm³/mol. The summed E-state index contributed by atoms with van der Waals surface area (Å²) in [5, 5.41) is 11.7. The summed E-state index contributed by atoms with van der Waals surface area (Å²) in [6, 6.07) is 9.33. The molecule has 1 aliphatic rings. The zero-order chi connectivity index (χ0) is 23.6. The number of nitrogens with one attached hydrogen (secondary N) is 2. The fraction of sp³-hybridized carbons (Fsp3) is 0.318. The minimum atomic E-state index is -3.85. The molecular formula is C22H22F2N4O3S2. The van der Waals surface area contributed by atoms with Gasteiger partial charge in [-0.3, -0.25) is 10.1 Å². The topological polar surface area (TPSA) is 101 Å². The second kappa shape index (κ2) is 9.24. The van der Waals surface area contributed by atoms with Gasteiger partial charge in [0.1, 0.15) is 16.6 Å². The third kappa shape index (κ3) is 4.66. The van der Waals surface area contributed by atoms with E-state index >= 15 is 0 Å². The molecule has 2 N–H and O–H groups in total. The second-order valence-electron chi connectivity index (χ2n) is 7.81. The number of benzene rings is 2. The molecule has 0 saturated heterocycles. The lowest BCUT2D eigenvalue weighted by molar-refractivity contribution is 0.102. The highest BCUT2D eigenvalue weighted by molar-refractivity contribution is 7.89. The molecule has 0 spiro atoms. The lowest BCUT2D eigenvalue weighted by Crippen LogP contribution is -2.24. The molecule has 1 heterocycles. The number of carbonyl (C=O) groups excluding carboxylic acids is 1. The summed E-state index contributed by atoms with van der Waals surface area (Å²) in [5.41, 5.74) is 0.0991. The number of sulfonamides is 1. The fourth-order valence-corrected chi connectivity index (χ4v) is 6.20. The molecular weight excluding hydrogens is 470 g/mol. The van der Waals surface area contributed by atoms with Gasteiger partial charge in [-0.2, -0.15) is 0 Å². The Morgan fingerprint density at radius 1 is 1.09 bits per heavy atom. The molecule has 0 radical (unpaired) electrons. The molecule has 1 aliphatic carbocycles. The Bertz CT molecular complexity index is 1270. The summed E-state index contributed by atoms with van der Waals surface area (Å²) >= 11 is 1.17. The standard InChI is InChI=1S/C22H22F2N4O3S2/c1-2-25-33(30,31)16-9-10-18(24)17(13-16)19(29)26-21-28-27-20(32-21)22(11-3-4-12-22)14-5-7-15(23)8-6-14/h5-10,13,25H,2-4,11-12H2,1H3,(H,26,28,29). The Morgan fingerprint density at radius 3 is 2.45 bits per heavy atom. The van der Waals surface area contributed by atoms with E-state index in [1.54, 1.807) is 19.1 Å².